The van der Waals surface area contributed by atoms with Crippen LogP contribution >= 0.6 is 34.8 Å². The van der Waals surface area contributed by atoms with Gasteiger partial charge in [0.15, 0.2) is 6.61 Å². The number of nitrogens with one attached hydrogen (secondary N) is 1. The molecular formula is C19H13Cl3N2O3. The highest BCUT2D eigenvalue weighted by atomic mass is 35.5. The first-order chi connectivity index (χ1) is 13.0. The van der Waals surface area contributed by atoms with Crippen LogP contribution in [0.4, 0.5) is 0 Å². The van der Waals surface area contributed by atoms with E-state index in [-0.39, 0.29) is 6.61 Å². The number of hydrogen-bond acceptors (Lipinski definition) is 4. The Balaban J connectivity index is 1.54. The number of hydrogen-bond donors (Lipinski definition) is 1. The Morgan fingerprint density at radius 2 is 1.89 bits per heavy atom. The molecule has 0 atom stereocenters. The van der Waals surface area contributed by atoms with Gasteiger partial charge >= 0.3 is 0 Å². The molecule has 0 aliphatic carbocycles. The lowest BCUT2D eigenvalue weighted by atomic mass is 10.2. The van der Waals surface area contributed by atoms with Gasteiger partial charge in [-0.2, -0.15) is 5.10 Å². The Kier molecular flexibility index (Phi) is 6.40. The van der Waals surface area contributed by atoms with Crippen LogP contribution in [0.3, 0.4) is 0 Å². The first-order valence-electron chi connectivity index (χ1n) is 7.77. The molecule has 5 nitrogen and oxygen atoms in total. The zero-order chi connectivity index (χ0) is 19.2. The van der Waals surface area contributed by atoms with Gasteiger partial charge in [0, 0.05) is 16.7 Å². The molecule has 0 spiro atoms. The molecule has 3 aromatic rings. The normalized spacial score (nSPS) is 10.9. The van der Waals surface area contributed by atoms with E-state index in [9.17, 15) is 4.79 Å². The van der Waals surface area contributed by atoms with Crippen LogP contribution in [0.5, 0.6) is 5.75 Å². The van der Waals surface area contributed by atoms with E-state index in [0.717, 1.165) is 5.56 Å². The molecule has 27 heavy (non-hydrogen) atoms. The van der Waals surface area contributed by atoms with Gasteiger partial charge in [-0.1, -0.05) is 46.9 Å². The Morgan fingerprint density at radius 1 is 1.07 bits per heavy atom. The summed E-state index contributed by atoms with van der Waals surface area (Å²) in [4.78, 5) is 11.8. The summed E-state index contributed by atoms with van der Waals surface area (Å²) in [5.41, 5.74) is 3.11. The zero-order valence-corrected chi connectivity index (χ0v) is 16.1. The fraction of sp³-hybridized carbons (Fsp3) is 0.0526. The third-order valence-electron chi connectivity index (χ3n) is 3.40. The van der Waals surface area contributed by atoms with E-state index >= 15 is 0 Å². The molecule has 0 aliphatic heterocycles. The van der Waals surface area contributed by atoms with Crippen molar-refractivity contribution in [3.63, 3.8) is 0 Å². The maximum absolute atomic E-state index is 11.8. The number of rotatable bonds is 6. The summed E-state index contributed by atoms with van der Waals surface area (Å²) in [6.07, 6.45) is 1.38. The molecule has 0 saturated heterocycles. The molecule has 3 rings (SSSR count). The van der Waals surface area contributed by atoms with Crippen molar-refractivity contribution < 1.29 is 13.9 Å². The molecule has 2 aromatic carbocycles. The van der Waals surface area contributed by atoms with E-state index in [1.54, 1.807) is 30.3 Å². The lowest BCUT2D eigenvalue weighted by Gasteiger charge is -2.07. The van der Waals surface area contributed by atoms with Crippen molar-refractivity contribution in [2.24, 2.45) is 5.10 Å². The smallest absolute Gasteiger partial charge is 0.277 e. The molecule has 0 aliphatic rings. The van der Waals surface area contributed by atoms with Gasteiger partial charge < -0.3 is 9.15 Å². The number of hydrazone groups is 1. The minimum atomic E-state index is -0.458. The molecule has 138 valence electrons. The van der Waals surface area contributed by atoms with Gasteiger partial charge in [-0.25, -0.2) is 5.43 Å². The number of benzene rings is 2. The van der Waals surface area contributed by atoms with Gasteiger partial charge in [-0.3, -0.25) is 4.79 Å². The zero-order valence-electron chi connectivity index (χ0n) is 13.8. The number of amides is 1. The van der Waals surface area contributed by atoms with Gasteiger partial charge in [0.25, 0.3) is 5.91 Å². The summed E-state index contributed by atoms with van der Waals surface area (Å²) in [5, 5.41) is 5.23. The lowest BCUT2D eigenvalue weighted by Crippen LogP contribution is -2.24. The van der Waals surface area contributed by atoms with Crippen LogP contribution in [0.25, 0.3) is 11.3 Å². The Labute approximate surface area is 170 Å². The van der Waals surface area contributed by atoms with Gasteiger partial charge in [0.05, 0.1) is 16.3 Å². The maximum atomic E-state index is 11.8. The lowest BCUT2D eigenvalue weighted by molar-refractivity contribution is -0.123. The number of carbonyl (C=O) groups is 1. The van der Waals surface area contributed by atoms with Gasteiger partial charge in [0.1, 0.15) is 17.3 Å². The second-order valence-electron chi connectivity index (χ2n) is 5.34. The maximum Gasteiger partial charge on any atom is 0.277 e. The Morgan fingerprint density at radius 3 is 2.70 bits per heavy atom. The van der Waals surface area contributed by atoms with Crippen molar-refractivity contribution in [1.82, 2.24) is 5.43 Å². The van der Waals surface area contributed by atoms with Gasteiger partial charge in [-0.05, 0) is 36.4 Å². The van der Waals surface area contributed by atoms with E-state index in [1.165, 1.54) is 12.3 Å². The number of furan rings is 1. The van der Waals surface area contributed by atoms with Crippen molar-refractivity contribution in [3.05, 3.63) is 75.4 Å². The highest BCUT2D eigenvalue weighted by Crippen LogP contribution is 2.29. The number of ether oxygens (including phenoxy) is 1. The first-order valence-corrected chi connectivity index (χ1v) is 8.91. The minimum Gasteiger partial charge on any atom is -0.482 e. The molecule has 0 unspecified atom stereocenters. The average molecular weight is 424 g/mol. The largest absolute Gasteiger partial charge is 0.482 e. The predicted molar refractivity (Wildman–Crippen MR) is 107 cm³/mol. The van der Waals surface area contributed by atoms with E-state index < -0.39 is 5.91 Å². The molecule has 1 heterocycles. The molecule has 0 fully saturated rings. The van der Waals surface area contributed by atoms with E-state index in [1.807, 2.05) is 18.2 Å². The van der Waals surface area contributed by atoms with E-state index in [2.05, 4.69) is 10.5 Å². The summed E-state index contributed by atoms with van der Waals surface area (Å²) < 4.78 is 11.0. The van der Waals surface area contributed by atoms with Crippen LogP contribution in [0.15, 0.2) is 64.1 Å². The SMILES string of the molecule is O=C(COc1cc(Cl)ccc1Cl)NN=Cc1ccc(-c2ccccc2Cl)o1. The molecule has 0 bridgehead atoms. The predicted octanol–water partition coefficient (Wildman–Crippen LogP) is 5.44. The van der Waals surface area contributed by atoms with Crippen molar-refractivity contribution in [2.45, 2.75) is 0 Å². The van der Waals surface area contributed by atoms with Crippen LogP contribution in [-0.4, -0.2) is 18.7 Å². The number of halogens is 3. The second kappa shape index (κ2) is 8.95. The molecule has 1 N–H and O–H groups in total. The van der Waals surface area contributed by atoms with Crippen molar-refractivity contribution in [3.8, 4) is 17.1 Å². The standard InChI is InChI=1S/C19H13Cl3N2O3/c20-12-5-7-16(22)18(9-12)26-11-19(25)24-23-10-13-6-8-17(27-13)14-3-1-2-4-15(14)21/h1-10H,11H2,(H,24,25). The molecule has 1 amide bonds. The third kappa shape index (κ3) is 5.26. The van der Waals surface area contributed by atoms with Crippen LogP contribution in [0.2, 0.25) is 15.1 Å². The van der Waals surface area contributed by atoms with E-state index in [4.69, 9.17) is 44.0 Å². The van der Waals surface area contributed by atoms with Crippen LogP contribution < -0.4 is 10.2 Å². The van der Waals surface area contributed by atoms with Crippen LogP contribution in [0.1, 0.15) is 5.76 Å². The van der Waals surface area contributed by atoms with Gasteiger partial charge in [-0.15, -0.1) is 0 Å². The Hall–Kier alpha value is -2.47. The van der Waals surface area contributed by atoms with E-state index in [0.29, 0.717) is 32.3 Å². The highest BCUT2D eigenvalue weighted by molar-refractivity contribution is 6.34. The van der Waals surface area contributed by atoms with Crippen molar-refractivity contribution in [1.29, 1.82) is 0 Å². The summed E-state index contributed by atoms with van der Waals surface area (Å²) in [6.45, 7) is -0.263. The van der Waals surface area contributed by atoms with Gasteiger partial charge in [0.2, 0.25) is 0 Å². The second-order valence-corrected chi connectivity index (χ2v) is 6.59. The summed E-state index contributed by atoms with van der Waals surface area (Å²) >= 11 is 18.0. The topological polar surface area (TPSA) is 63.8 Å². The van der Waals surface area contributed by atoms with Crippen LogP contribution in [0, 0.1) is 0 Å². The molecule has 0 saturated carbocycles. The highest BCUT2D eigenvalue weighted by Gasteiger charge is 2.08. The molecular weight excluding hydrogens is 411 g/mol. The van der Waals surface area contributed by atoms with Crippen molar-refractivity contribution in [2.75, 3.05) is 6.61 Å². The third-order valence-corrected chi connectivity index (χ3v) is 4.28. The number of carbonyl (C=O) groups excluding carboxylic acids is 1. The fourth-order valence-corrected chi connectivity index (χ4v) is 2.72. The molecule has 0 radical (unpaired) electrons. The monoisotopic (exact) mass is 422 g/mol. The summed E-state index contributed by atoms with van der Waals surface area (Å²) in [7, 11) is 0. The summed E-state index contributed by atoms with van der Waals surface area (Å²) in [5.74, 6) is 0.926. The molecule has 1 aromatic heterocycles. The quantitative estimate of drug-likeness (QED) is 0.424. The molecule has 8 heteroatoms. The summed E-state index contributed by atoms with van der Waals surface area (Å²) in [6, 6.07) is 15.6. The van der Waals surface area contributed by atoms with Crippen LogP contribution in [-0.2, 0) is 4.79 Å². The average Bonchev–Trinajstić information content (AvgIpc) is 3.11. The Bertz CT molecular complexity index is 986. The fourth-order valence-electron chi connectivity index (χ4n) is 2.16. The minimum absolute atomic E-state index is 0.263. The number of nitrogens with zero attached hydrogens (tertiary/aromatic N) is 1. The first kappa shape index (κ1) is 19.3. The van der Waals surface area contributed by atoms with Crippen molar-refractivity contribution >= 4 is 46.9 Å².